The predicted molar refractivity (Wildman–Crippen MR) is 68.0 cm³/mol. The summed E-state index contributed by atoms with van der Waals surface area (Å²) >= 11 is 0. The lowest BCUT2D eigenvalue weighted by atomic mass is 10.1. The molecule has 1 amide bonds. The van der Waals surface area contributed by atoms with Gasteiger partial charge in [0.15, 0.2) is 0 Å². The van der Waals surface area contributed by atoms with Crippen LogP contribution in [0.2, 0.25) is 0 Å². The molecule has 1 unspecified atom stereocenters. The molecule has 2 heterocycles. The predicted octanol–water partition coefficient (Wildman–Crippen LogP) is 0.325. The highest BCUT2D eigenvalue weighted by Crippen LogP contribution is 2.20. The number of rotatable bonds is 4. The molecule has 3 N–H and O–H groups in total. The Labute approximate surface area is 108 Å². The van der Waals surface area contributed by atoms with E-state index in [1.165, 1.54) is 6.33 Å². The van der Waals surface area contributed by atoms with Gasteiger partial charge >= 0.3 is 0 Å². The van der Waals surface area contributed by atoms with Gasteiger partial charge < -0.3 is 19.8 Å². The number of aromatic nitrogens is 2. The molecule has 0 saturated heterocycles. The maximum atomic E-state index is 12.2. The van der Waals surface area contributed by atoms with Crippen LogP contribution < -0.4 is 10.9 Å². The van der Waals surface area contributed by atoms with E-state index >= 15 is 0 Å². The number of aliphatic hydroxyl groups excluding tert-OH is 1. The largest absolute Gasteiger partial charge is 0.442 e. The van der Waals surface area contributed by atoms with Crippen molar-refractivity contribution < 1.29 is 14.3 Å². The van der Waals surface area contributed by atoms with E-state index in [4.69, 9.17) is 9.52 Å². The highest BCUT2D eigenvalue weighted by Gasteiger charge is 2.22. The Morgan fingerprint density at radius 1 is 1.63 bits per heavy atom. The smallest absolute Gasteiger partial charge is 0.262 e. The first-order valence-corrected chi connectivity index (χ1v) is 5.97. The monoisotopic (exact) mass is 265 g/mol. The van der Waals surface area contributed by atoms with Gasteiger partial charge in [-0.2, -0.15) is 0 Å². The van der Waals surface area contributed by atoms with Gasteiger partial charge in [-0.3, -0.25) is 9.59 Å². The Morgan fingerprint density at radius 2 is 2.37 bits per heavy atom. The highest BCUT2D eigenvalue weighted by atomic mass is 16.3. The Kier molecular flexibility index (Phi) is 3.66. The molecule has 7 heteroatoms. The van der Waals surface area contributed by atoms with Crippen LogP contribution in [0.5, 0.6) is 0 Å². The number of nitrogens with one attached hydrogen (secondary N) is 2. The first-order valence-electron chi connectivity index (χ1n) is 5.97. The summed E-state index contributed by atoms with van der Waals surface area (Å²) in [4.78, 5) is 30.2. The highest BCUT2D eigenvalue weighted by molar-refractivity contribution is 6.06. The average Bonchev–Trinajstić information content (AvgIpc) is 2.73. The van der Waals surface area contributed by atoms with E-state index in [1.807, 2.05) is 6.92 Å². The molecular formula is C12H15N3O4. The van der Waals surface area contributed by atoms with Gasteiger partial charge in [-0.05, 0) is 13.3 Å². The molecule has 0 spiro atoms. The maximum Gasteiger partial charge on any atom is 0.262 e. The molecule has 0 saturated carbocycles. The van der Waals surface area contributed by atoms with Crippen LogP contribution in [0.4, 0.5) is 0 Å². The molecule has 0 aliphatic heterocycles. The van der Waals surface area contributed by atoms with Crippen LogP contribution in [0.25, 0.3) is 11.1 Å². The summed E-state index contributed by atoms with van der Waals surface area (Å²) in [5.41, 5.74) is -0.135. The van der Waals surface area contributed by atoms with Gasteiger partial charge in [-0.15, -0.1) is 0 Å². The topological polar surface area (TPSA) is 108 Å². The minimum absolute atomic E-state index is 0.128. The van der Waals surface area contributed by atoms with Gasteiger partial charge in [-0.25, -0.2) is 4.98 Å². The van der Waals surface area contributed by atoms with Gasteiger partial charge in [0, 0.05) is 0 Å². The lowest BCUT2D eigenvalue weighted by Gasteiger charge is -2.13. The number of nitrogens with zero attached hydrogens (tertiary/aromatic N) is 1. The van der Waals surface area contributed by atoms with Gasteiger partial charge in [-0.1, -0.05) is 6.92 Å². The molecule has 102 valence electrons. The van der Waals surface area contributed by atoms with Crippen molar-refractivity contribution in [2.24, 2.45) is 0 Å². The number of amides is 1. The summed E-state index contributed by atoms with van der Waals surface area (Å²) in [6.45, 7) is 3.28. The quantitative estimate of drug-likeness (QED) is 0.738. The molecule has 0 radical (unpaired) electrons. The molecule has 0 aromatic carbocycles. The van der Waals surface area contributed by atoms with E-state index in [1.54, 1.807) is 6.92 Å². The number of hydrogen-bond donors (Lipinski definition) is 3. The van der Waals surface area contributed by atoms with Gasteiger partial charge in [0.2, 0.25) is 5.71 Å². The second-order valence-corrected chi connectivity index (χ2v) is 4.21. The summed E-state index contributed by atoms with van der Waals surface area (Å²) in [5.74, 6) is -0.125. The second-order valence-electron chi connectivity index (χ2n) is 4.21. The number of carbonyl (C=O) groups is 1. The summed E-state index contributed by atoms with van der Waals surface area (Å²) in [5, 5.41) is 11.9. The van der Waals surface area contributed by atoms with Gasteiger partial charge in [0.25, 0.3) is 11.5 Å². The number of aryl methyl sites for hydroxylation is 1. The van der Waals surface area contributed by atoms with E-state index in [9.17, 15) is 9.59 Å². The van der Waals surface area contributed by atoms with Crippen molar-refractivity contribution >= 4 is 17.0 Å². The van der Waals surface area contributed by atoms with Crippen LogP contribution >= 0.6 is 0 Å². The van der Waals surface area contributed by atoms with Crippen LogP contribution in [0.3, 0.4) is 0 Å². The first-order chi connectivity index (χ1) is 9.08. The molecule has 0 aliphatic rings. The second kappa shape index (κ2) is 5.23. The van der Waals surface area contributed by atoms with Crippen molar-refractivity contribution in [3.63, 3.8) is 0 Å². The molecule has 2 aromatic heterocycles. The maximum absolute atomic E-state index is 12.2. The van der Waals surface area contributed by atoms with Gasteiger partial charge in [0.1, 0.15) is 11.1 Å². The number of H-pyrrole nitrogens is 1. The molecule has 19 heavy (non-hydrogen) atoms. The molecular weight excluding hydrogens is 250 g/mol. The number of aliphatic hydroxyl groups is 1. The van der Waals surface area contributed by atoms with E-state index in [-0.39, 0.29) is 29.3 Å². The van der Waals surface area contributed by atoms with Crippen molar-refractivity contribution in [3.8, 4) is 0 Å². The number of fused-ring (bicyclic) bond motifs is 1. The zero-order chi connectivity index (χ0) is 14.0. The molecule has 0 bridgehead atoms. The normalized spacial score (nSPS) is 12.6. The Morgan fingerprint density at radius 3 is 3.00 bits per heavy atom. The number of aromatic amines is 1. The summed E-state index contributed by atoms with van der Waals surface area (Å²) in [7, 11) is 0. The Bertz CT molecular complexity index is 655. The van der Waals surface area contributed by atoms with Crippen LogP contribution in [0, 0.1) is 6.92 Å². The lowest BCUT2D eigenvalue weighted by molar-refractivity contribution is 0.0915. The third-order valence-corrected chi connectivity index (χ3v) is 2.95. The van der Waals surface area contributed by atoms with E-state index < -0.39 is 11.5 Å². The van der Waals surface area contributed by atoms with Gasteiger partial charge in [0.05, 0.1) is 24.5 Å². The zero-order valence-corrected chi connectivity index (χ0v) is 10.7. The molecule has 0 aliphatic carbocycles. The molecule has 0 fully saturated rings. The van der Waals surface area contributed by atoms with Crippen LogP contribution in [-0.4, -0.2) is 33.6 Å². The van der Waals surface area contributed by atoms with E-state index in [2.05, 4.69) is 15.3 Å². The van der Waals surface area contributed by atoms with Crippen LogP contribution in [0.15, 0.2) is 15.5 Å². The summed E-state index contributed by atoms with van der Waals surface area (Å²) in [6, 6.07) is -0.354. The van der Waals surface area contributed by atoms with Crippen molar-refractivity contribution in [3.05, 3.63) is 28.0 Å². The van der Waals surface area contributed by atoms with Crippen molar-refractivity contribution in [2.75, 3.05) is 6.61 Å². The van der Waals surface area contributed by atoms with Crippen LogP contribution in [-0.2, 0) is 0 Å². The molecule has 2 rings (SSSR count). The van der Waals surface area contributed by atoms with Crippen LogP contribution in [0.1, 0.15) is 29.5 Å². The zero-order valence-electron chi connectivity index (χ0n) is 10.7. The summed E-state index contributed by atoms with van der Waals surface area (Å²) in [6.07, 6.45) is 1.81. The molecule has 1 atom stereocenters. The standard InChI is InChI=1S/C12H15N3O4/c1-3-7(4-16)15-11(18)8-6(2)19-12-9(8)10(17)13-5-14-12/h5,7,16H,3-4H2,1-2H3,(H,15,18)(H,13,14,17). The van der Waals surface area contributed by atoms with Crippen molar-refractivity contribution in [1.29, 1.82) is 0 Å². The molecule has 7 nitrogen and oxygen atoms in total. The minimum Gasteiger partial charge on any atom is -0.442 e. The van der Waals surface area contributed by atoms with Crippen molar-refractivity contribution in [2.45, 2.75) is 26.3 Å². The lowest BCUT2D eigenvalue weighted by Crippen LogP contribution is -2.37. The number of hydrogen-bond acceptors (Lipinski definition) is 5. The van der Waals surface area contributed by atoms with Crippen molar-refractivity contribution in [1.82, 2.24) is 15.3 Å². The first kappa shape index (κ1) is 13.3. The SMILES string of the molecule is CCC(CO)NC(=O)c1c(C)oc2nc[nH]c(=O)c12. The minimum atomic E-state index is -0.448. The number of furan rings is 1. The molecule has 2 aromatic rings. The number of carbonyl (C=O) groups excluding carboxylic acids is 1. The fraction of sp³-hybridized carbons (Fsp3) is 0.417. The average molecular weight is 265 g/mol. The third kappa shape index (κ3) is 2.37. The fourth-order valence-corrected chi connectivity index (χ4v) is 1.86. The Hall–Kier alpha value is -2.15. The van der Waals surface area contributed by atoms with E-state index in [0.717, 1.165) is 0 Å². The van der Waals surface area contributed by atoms with E-state index in [0.29, 0.717) is 12.2 Å². The summed E-state index contributed by atoms with van der Waals surface area (Å²) < 4.78 is 5.30. The Balaban J connectivity index is 2.47. The third-order valence-electron chi connectivity index (χ3n) is 2.95. The fourth-order valence-electron chi connectivity index (χ4n) is 1.86.